The van der Waals surface area contributed by atoms with Crippen LogP contribution < -0.4 is 16.1 Å². The molecule has 1 aromatic carbocycles. The van der Waals surface area contributed by atoms with Crippen molar-refractivity contribution in [3.63, 3.8) is 0 Å². The summed E-state index contributed by atoms with van der Waals surface area (Å²) in [5.74, 6) is -0.329. The van der Waals surface area contributed by atoms with Gasteiger partial charge in [-0.05, 0) is 24.6 Å². The monoisotopic (exact) mass is 207 g/mol. The van der Waals surface area contributed by atoms with Crippen LogP contribution in [0.15, 0.2) is 26.1 Å². The van der Waals surface area contributed by atoms with Crippen molar-refractivity contribution in [3.05, 3.63) is 38.7 Å². The maximum absolute atomic E-state index is 11.4. The maximum atomic E-state index is 11.4. The summed E-state index contributed by atoms with van der Waals surface area (Å²) < 4.78 is 9.49. The topological polar surface area (TPSA) is 72.3 Å². The predicted octanol–water partition coefficient (Wildman–Crippen LogP) is 0.798. The first kappa shape index (κ1) is 9.51. The number of fused-ring (bicyclic) bond motifs is 1. The van der Waals surface area contributed by atoms with Crippen LogP contribution >= 0.6 is 0 Å². The highest BCUT2D eigenvalue weighted by molar-refractivity contribution is 5.83. The number of hydrogen-bond donors (Lipinski definition) is 1. The van der Waals surface area contributed by atoms with Crippen molar-refractivity contribution in [2.75, 3.05) is 7.11 Å². The minimum absolute atomic E-state index is 0.312. The summed E-state index contributed by atoms with van der Waals surface area (Å²) in [5, 5.41) is 0.312. The van der Waals surface area contributed by atoms with Crippen LogP contribution in [0, 0.1) is 6.92 Å². The van der Waals surface area contributed by atoms with E-state index in [1.807, 2.05) is 6.92 Å². The average molecular weight is 207 g/mol. The van der Waals surface area contributed by atoms with Gasteiger partial charge in [0.2, 0.25) is 0 Å². The van der Waals surface area contributed by atoms with Gasteiger partial charge in [0.1, 0.15) is 11.3 Å². The Hall–Kier alpha value is -2.04. The van der Waals surface area contributed by atoms with Crippen molar-refractivity contribution in [1.82, 2.24) is 4.98 Å². The molecule has 78 valence electrons. The van der Waals surface area contributed by atoms with Crippen LogP contribution in [-0.2, 0) is 0 Å². The quantitative estimate of drug-likeness (QED) is 0.750. The molecule has 1 aromatic heterocycles. The van der Waals surface area contributed by atoms with E-state index in [0.717, 1.165) is 5.56 Å². The molecule has 0 aliphatic heterocycles. The van der Waals surface area contributed by atoms with Gasteiger partial charge in [-0.25, -0.2) is 9.59 Å². The molecule has 0 saturated carbocycles. The minimum Gasteiger partial charge on any atom is -0.495 e. The van der Waals surface area contributed by atoms with Crippen molar-refractivity contribution < 1.29 is 9.15 Å². The molecule has 0 bridgehead atoms. The Labute approximate surface area is 84.3 Å². The molecule has 1 heterocycles. The van der Waals surface area contributed by atoms with E-state index < -0.39 is 11.4 Å². The summed E-state index contributed by atoms with van der Waals surface area (Å²) in [7, 11) is 1.47. The number of aryl methyl sites for hydroxylation is 1. The molecule has 0 unspecified atom stereocenters. The Morgan fingerprint density at radius 3 is 2.73 bits per heavy atom. The van der Waals surface area contributed by atoms with Gasteiger partial charge in [-0.2, -0.15) is 0 Å². The molecule has 0 atom stereocenters. The fourth-order valence-corrected chi connectivity index (χ4v) is 1.47. The Kier molecular flexibility index (Phi) is 2.07. The highest BCUT2D eigenvalue weighted by Crippen LogP contribution is 2.21. The molecule has 1 N–H and O–H groups in total. The highest BCUT2D eigenvalue weighted by Gasteiger charge is 2.08. The van der Waals surface area contributed by atoms with Gasteiger partial charge in [0, 0.05) is 0 Å². The number of methoxy groups -OCH3 is 1. The van der Waals surface area contributed by atoms with Gasteiger partial charge >= 0.3 is 11.4 Å². The van der Waals surface area contributed by atoms with Gasteiger partial charge in [0.15, 0.2) is 0 Å². The molecule has 5 heteroatoms. The van der Waals surface area contributed by atoms with Crippen LogP contribution in [0.2, 0.25) is 0 Å². The fraction of sp³-hybridized carbons (Fsp3) is 0.200. The van der Waals surface area contributed by atoms with Crippen LogP contribution in [0.4, 0.5) is 0 Å². The number of H-pyrrole nitrogens is 1. The van der Waals surface area contributed by atoms with Crippen LogP contribution in [0.5, 0.6) is 5.75 Å². The third-order valence-electron chi connectivity index (χ3n) is 2.10. The molecular weight excluding hydrogens is 198 g/mol. The largest absolute Gasteiger partial charge is 0.495 e. The van der Waals surface area contributed by atoms with Gasteiger partial charge in [0.25, 0.3) is 0 Å². The zero-order valence-electron chi connectivity index (χ0n) is 8.29. The first-order valence-electron chi connectivity index (χ1n) is 4.33. The summed E-state index contributed by atoms with van der Waals surface area (Å²) in [5.41, 5.74) is 0.568. The molecule has 0 fully saturated rings. The zero-order chi connectivity index (χ0) is 11.0. The van der Waals surface area contributed by atoms with Gasteiger partial charge < -0.3 is 9.15 Å². The lowest BCUT2D eigenvalue weighted by atomic mass is 10.1. The lowest BCUT2D eigenvalue weighted by Gasteiger charge is -2.04. The van der Waals surface area contributed by atoms with Crippen molar-refractivity contribution in [2.24, 2.45) is 0 Å². The third kappa shape index (κ3) is 1.52. The van der Waals surface area contributed by atoms with Crippen molar-refractivity contribution >= 4 is 10.9 Å². The van der Waals surface area contributed by atoms with E-state index in [1.165, 1.54) is 7.11 Å². The van der Waals surface area contributed by atoms with E-state index >= 15 is 0 Å². The number of hydrogen-bond acceptors (Lipinski definition) is 4. The van der Waals surface area contributed by atoms with E-state index in [-0.39, 0.29) is 0 Å². The molecule has 2 rings (SSSR count). The maximum Gasteiger partial charge on any atom is 0.419 e. The second-order valence-electron chi connectivity index (χ2n) is 3.19. The molecule has 0 aliphatic rings. The summed E-state index contributed by atoms with van der Waals surface area (Å²) in [4.78, 5) is 24.8. The molecule has 0 radical (unpaired) electrons. The number of aromatic nitrogens is 1. The van der Waals surface area contributed by atoms with Gasteiger partial charge in [-0.15, -0.1) is 0 Å². The molecule has 0 amide bonds. The molecule has 0 aliphatic carbocycles. The first-order chi connectivity index (χ1) is 7.11. The molecule has 2 aromatic rings. The van der Waals surface area contributed by atoms with E-state index in [0.29, 0.717) is 16.7 Å². The Balaban J connectivity index is 3.03. The number of ether oxygens (including phenoxy) is 1. The van der Waals surface area contributed by atoms with E-state index in [2.05, 4.69) is 9.40 Å². The van der Waals surface area contributed by atoms with E-state index in [4.69, 9.17) is 4.74 Å². The smallest absolute Gasteiger partial charge is 0.419 e. The fourth-order valence-electron chi connectivity index (χ4n) is 1.47. The lowest BCUT2D eigenvalue weighted by Crippen LogP contribution is -2.15. The second kappa shape index (κ2) is 3.27. The van der Waals surface area contributed by atoms with Crippen LogP contribution in [0.3, 0.4) is 0 Å². The standard InChI is InChI=1S/C10H9NO4/c1-5-3-6-8(7(4-5)14-2)11-10(13)15-9(6)12/h3-4H,1-2H3,(H,11,13). The lowest BCUT2D eigenvalue weighted by molar-refractivity contribution is 0.414. The number of benzene rings is 1. The third-order valence-corrected chi connectivity index (χ3v) is 2.10. The Bertz CT molecular complexity index is 623. The summed E-state index contributed by atoms with van der Waals surface area (Å²) in [6, 6.07) is 3.37. The second-order valence-corrected chi connectivity index (χ2v) is 3.19. The number of rotatable bonds is 1. The van der Waals surface area contributed by atoms with Crippen LogP contribution in [0.1, 0.15) is 5.56 Å². The van der Waals surface area contributed by atoms with Crippen LogP contribution in [0.25, 0.3) is 10.9 Å². The normalized spacial score (nSPS) is 10.5. The van der Waals surface area contributed by atoms with Crippen molar-refractivity contribution in [1.29, 1.82) is 0 Å². The molecule has 0 spiro atoms. The van der Waals surface area contributed by atoms with Crippen molar-refractivity contribution in [3.8, 4) is 5.75 Å². The number of aromatic amines is 1. The summed E-state index contributed by atoms with van der Waals surface area (Å²) in [6.07, 6.45) is 0. The number of nitrogens with one attached hydrogen (secondary N) is 1. The van der Waals surface area contributed by atoms with Crippen LogP contribution in [-0.4, -0.2) is 12.1 Å². The van der Waals surface area contributed by atoms with Gasteiger partial charge in [-0.3, -0.25) is 4.98 Å². The summed E-state index contributed by atoms with van der Waals surface area (Å²) >= 11 is 0. The van der Waals surface area contributed by atoms with Crippen molar-refractivity contribution in [2.45, 2.75) is 6.92 Å². The molecular formula is C10H9NO4. The van der Waals surface area contributed by atoms with Gasteiger partial charge in [-0.1, -0.05) is 0 Å². The SMILES string of the molecule is COc1cc(C)cc2c(=O)oc(=O)[nH]c12. The summed E-state index contributed by atoms with van der Waals surface area (Å²) in [6.45, 7) is 1.83. The van der Waals surface area contributed by atoms with Gasteiger partial charge in [0.05, 0.1) is 12.5 Å². The van der Waals surface area contributed by atoms with E-state index in [1.54, 1.807) is 12.1 Å². The Morgan fingerprint density at radius 2 is 2.07 bits per heavy atom. The molecule has 15 heavy (non-hydrogen) atoms. The predicted molar refractivity (Wildman–Crippen MR) is 54.4 cm³/mol. The minimum atomic E-state index is -0.783. The van der Waals surface area contributed by atoms with E-state index in [9.17, 15) is 9.59 Å². The molecule has 5 nitrogen and oxygen atoms in total. The zero-order valence-corrected chi connectivity index (χ0v) is 8.29. The first-order valence-corrected chi connectivity index (χ1v) is 4.33. The average Bonchev–Trinajstić information content (AvgIpc) is 2.18. The Morgan fingerprint density at radius 1 is 1.33 bits per heavy atom. The molecule has 0 saturated heterocycles. The highest BCUT2D eigenvalue weighted by atomic mass is 16.5.